The van der Waals surface area contributed by atoms with E-state index in [-0.39, 0.29) is 0 Å². The van der Waals surface area contributed by atoms with Crippen LogP contribution >= 0.6 is 0 Å². The van der Waals surface area contributed by atoms with E-state index in [9.17, 15) is 0 Å². The molecule has 1 aromatic heterocycles. The van der Waals surface area contributed by atoms with Crippen molar-refractivity contribution in [2.24, 2.45) is 0 Å². The molecule has 0 saturated carbocycles. The van der Waals surface area contributed by atoms with Gasteiger partial charge in [0.05, 0.1) is 5.52 Å². The smallest absolute Gasteiger partial charge is 0.0619 e. The van der Waals surface area contributed by atoms with Crippen molar-refractivity contribution < 1.29 is 0 Å². The summed E-state index contributed by atoms with van der Waals surface area (Å²) in [5.74, 6) is 0. The average molecular weight is 396 g/mol. The molecule has 0 aliphatic rings. The van der Waals surface area contributed by atoms with Crippen LogP contribution in [0.5, 0.6) is 0 Å². The van der Waals surface area contributed by atoms with E-state index in [1.54, 1.807) is 0 Å². The Labute approximate surface area is 181 Å². The van der Waals surface area contributed by atoms with Crippen molar-refractivity contribution in [3.8, 4) is 5.69 Å². The molecule has 0 bridgehead atoms. The normalized spacial score (nSPS) is 11.1. The van der Waals surface area contributed by atoms with Gasteiger partial charge in [-0.2, -0.15) is 0 Å². The van der Waals surface area contributed by atoms with E-state index in [4.69, 9.17) is 0 Å². The van der Waals surface area contributed by atoms with Crippen molar-refractivity contribution in [1.82, 2.24) is 4.57 Å². The Kier molecular flexibility index (Phi) is 8.00. The molecule has 0 atom stereocenters. The molecule has 0 spiro atoms. The lowest BCUT2D eigenvalue weighted by Gasteiger charge is -2.08. The first kappa shape index (κ1) is 23.0. The van der Waals surface area contributed by atoms with Gasteiger partial charge in [-0.15, -0.1) is 0 Å². The van der Waals surface area contributed by atoms with Gasteiger partial charge in [0.1, 0.15) is 0 Å². The SMILES string of the molecule is C=C/C(C(=C)C)=c1/c(=C)n(-c2ccccc2)c2c1ccc1ccccc12.CC.CC. The van der Waals surface area contributed by atoms with Gasteiger partial charge in [-0.05, 0) is 30.0 Å². The molecule has 4 aromatic rings. The van der Waals surface area contributed by atoms with Gasteiger partial charge in [0, 0.05) is 27.0 Å². The van der Waals surface area contributed by atoms with Crippen molar-refractivity contribution in [2.45, 2.75) is 34.6 Å². The van der Waals surface area contributed by atoms with E-state index in [0.29, 0.717) is 0 Å². The molecule has 154 valence electrons. The summed E-state index contributed by atoms with van der Waals surface area (Å²) >= 11 is 0. The van der Waals surface area contributed by atoms with Gasteiger partial charge < -0.3 is 4.57 Å². The second-order valence-corrected chi connectivity index (χ2v) is 6.57. The van der Waals surface area contributed by atoms with Gasteiger partial charge in [0.2, 0.25) is 0 Å². The number of para-hydroxylation sites is 1. The first-order valence-corrected chi connectivity index (χ1v) is 10.7. The van der Waals surface area contributed by atoms with Gasteiger partial charge in [-0.3, -0.25) is 0 Å². The van der Waals surface area contributed by atoms with Gasteiger partial charge in [-0.1, -0.05) is 114 Å². The van der Waals surface area contributed by atoms with Gasteiger partial charge in [-0.25, -0.2) is 0 Å². The maximum absolute atomic E-state index is 4.45. The second-order valence-electron chi connectivity index (χ2n) is 6.57. The molecule has 30 heavy (non-hydrogen) atoms. The van der Waals surface area contributed by atoms with Crippen molar-refractivity contribution in [1.29, 1.82) is 0 Å². The summed E-state index contributed by atoms with van der Waals surface area (Å²) in [6, 6.07) is 23.2. The van der Waals surface area contributed by atoms with Crippen LogP contribution in [0.15, 0.2) is 91.5 Å². The topological polar surface area (TPSA) is 4.93 Å². The number of aromatic nitrogens is 1. The maximum Gasteiger partial charge on any atom is 0.0619 e. The third-order valence-electron chi connectivity index (χ3n) is 4.90. The predicted molar refractivity (Wildman–Crippen MR) is 137 cm³/mol. The lowest BCUT2D eigenvalue weighted by molar-refractivity contribution is 1.08. The molecular weight excluding hydrogens is 362 g/mol. The summed E-state index contributed by atoms with van der Waals surface area (Å²) in [5.41, 5.74) is 4.32. The lowest BCUT2D eigenvalue weighted by Crippen LogP contribution is -2.28. The molecule has 0 aliphatic carbocycles. The standard InChI is InChI=1S/C25H21N.2C2H6/c1-5-21(17(2)3)24-18(4)26(20-12-7-6-8-13-20)25-22-14-10-9-11-19(22)15-16-23(24)25;2*1-2/h5-16H,1-2,4H2,3H3;2*1-2H3/b24-21+;;. The Balaban J connectivity index is 0.000000757. The summed E-state index contributed by atoms with van der Waals surface area (Å²) in [6.07, 6.45) is 1.89. The highest BCUT2D eigenvalue weighted by Crippen LogP contribution is 2.26. The molecule has 4 rings (SSSR count). The van der Waals surface area contributed by atoms with Crippen LogP contribution < -0.4 is 10.6 Å². The molecule has 0 amide bonds. The van der Waals surface area contributed by atoms with E-state index in [1.807, 2.05) is 46.8 Å². The molecule has 0 N–H and O–H groups in total. The fourth-order valence-electron chi connectivity index (χ4n) is 3.75. The second kappa shape index (κ2) is 10.5. The van der Waals surface area contributed by atoms with Crippen LogP contribution in [0.1, 0.15) is 34.6 Å². The van der Waals surface area contributed by atoms with E-state index in [2.05, 4.69) is 85.0 Å². The third kappa shape index (κ3) is 4.02. The maximum atomic E-state index is 4.45. The van der Waals surface area contributed by atoms with E-state index < -0.39 is 0 Å². The highest BCUT2D eigenvalue weighted by atomic mass is 15.0. The van der Waals surface area contributed by atoms with Gasteiger partial charge in [0.25, 0.3) is 0 Å². The van der Waals surface area contributed by atoms with Crippen LogP contribution in [-0.2, 0) is 0 Å². The quantitative estimate of drug-likeness (QED) is 0.347. The van der Waals surface area contributed by atoms with Gasteiger partial charge in [0.15, 0.2) is 0 Å². The summed E-state index contributed by atoms with van der Waals surface area (Å²) < 4.78 is 2.25. The molecule has 0 unspecified atom stereocenters. The molecule has 1 heterocycles. The van der Waals surface area contributed by atoms with Crippen LogP contribution in [0.4, 0.5) is 0 Å². The Morgan fingerprint density at radius 2 is 1.40 bits per heavy atom. The number of fused-ring (bicyclic) bond motifs is 3. The Morgan fingerprint density at radius 3 is 2.00 bits per heavy atom. The fraction of sp³-hybridized carbons (Fsp3) is 0.172. The Morgan fingerprint density at radius 1 is 0.800 bits per heavy atom. The zero-order valence-corrected chi connectivity index (χ0v) is 19.0. The predicted octanol–water partition coefficient (Wildman–Crippen LogP) is 7.16. The molecule has 1 heteroatoms. The molecule has 0 radical (unpaired) electrons. The first-order valence-electron chi connectivity index (χ1n) is 10.7. The Hall–Kier alpha value is -3.32. The minimum absolute atomic E-state index is 0.959. The molecule has 0 fully saturated rings. The van der Waals surface area contributed by atoms with Crippen LogP contribution in [0, 0.1) is 0 Å². The largest absolute Gasteiger partial charge is 0.309 e. The van der Waals surface area contributed by atoms with Crippen molar-refractivity contribution in [3.05, 3.63) is 102 Å². The molecule has 1 nitrogen and oxygen atoms in total. The Bertz CT molecular complexity index is 1270. The number of hydrogen-bond acceptors (Lipinski definition) is 0. The zero-order chi connectivity index (χ0) is 22.3. The summed E-state index contributed by atoms with van der Waals surface area (Å²) in [7, 11) is 0. The number of hydrogen-bond donors (Lipinski definition) is 0. The van der Waals surface area contributed by atoms with Crippen molar-refractivity contribution >= 4 is 33.8 Å². The van der Waals surface area contributed by atoms with E-state index >= 15 is 0 Å². The first-order chi connectivity index (χ1) is 14.6. The van der Waals surface area contributed by atoms with Crippen LogP contribution in [0.3, 0.4) is 0 Å². The average Bonchev–Trinajstić information content (AvgIpc) is 3.10. The highest BCUT2D eigenvalue weighted by molar-refractivity contribution is 6.07. The van der Waals surface area contributed by atoms with Gasteiger partial charge >= 0.3 is 0 Å². The third-order valence-corrected chi connectivity index (χ3v) is 4.90. The number of allylic oxidation sites excluding steroid dienone is 2. The minimum Gasteiger partial charge on any atom is -0.309 e. The number of rotatable bonds is 3. The zero-order valence-electron chi connectivity index (χ0n) is 19.0. The van der Waals surface area contributed by atoms with Crippen LogP contribution in [-0.4, -0.2) is 4.57 Å². The van der Waals surface area contributed by atoms with Crippen molar-refractivity contribution in [2.75, 3.05) is 0 Å². The summed E-state index contributed by atoms with van der Waals surface area (Å²) in [4.78, 5) is 0. The summed E-state index contributed by atoms with van der Waals surface area (Å²) in [5, 5.41) is 5.68. The molecular formula is C29H33N. The van der Waals surface area contributed by atoms with Crippen molar-refractivity contribution in [3.63, 3.8) is 0 Å². The van der Waals surface area contributed by atoms with E-state index in [0.717, 1.165) is 27.4 Å². The summed E-state index contributed by atoms with van der Waals surface area (Å²) in [6.45, 7) is 22.6. The number of nitrogens with zero attached hydrogens (tertiary/aromatic N) is 1. The molecule has 0 aliphatic heterocycles. The highest BCUT2D eigenvalue weighted by Gasteiger charge is 2.13. The lowest BCUT2D eigenvalue weighted by atomic mass is 10.0. The minimum atomic E-state index is 0.959. The van der Waals surface area contributed by atoms with E-state index in [1.165, 1.54) is 21.7 Å². The monoisotopic (exact) mass is 395 g/mol. The van der Waals surface area contributed by atoms with Crippen LogP contribution in [0.25, 0.3) is 39.5 Å². The number of benzene rings is 3. The molecule has 0 saturated heterocycles. The fourth-order valence-corrected chi connectivity index (χ4v) is 3.75. The van der Waals surface area contributed by atoms with Crippen LogP contribution in [0.2, 0.25) is 0 Å². The molecule has 3 aromatic carbocycles.